The van der Waals surface area contributed by atoms with Gasteiger partial charge in [0.1, 0.15) is 0 Å². The highest BCUT2D eigenvalue weighted by Gasteiger charge is 2.03. The molecule has 0 atom stereocenters. The van der Waals surface area contributed by atoms with Crippen LogP contribution in [0.2, 0.25) is 13.1 Å². The first-order chi connectivity index (χ1) is 3.80. The molecule has 1 heteroatoms. The second kappa shape index (κ2) is 2.31. The summed E-state index contributed by atoms with van der Waals surface area (Å²) in [5.74, 6) is 0. The van der Waals surface area contributed by atoms with Gasteiger partial charge in [0, 0.05) is 0 Å². The normalized spacial score (nSPS) is 17.6. The van der Waals surface area contributed by atoms with Crippen LogP contribution in [0.1, 0.15) is 6.42 Å². The maximum atomic E-state index is 2.34. The summed E-state index contributed by atoms with van der Waals surface area (Å²) in [6.45, 7) is 4.67. The molecule has 0 spiro atoms. The Balaban J connectivity index is 2.51. The van der Waals surface area contributed by atoms with Gasteiger partial charge in [0.05, 0.1) is 8.80 Å². The van der Waals surface area contributed by atoms with Gasteiger partial charge in [0.15, 0.2) is 0 Å². The fourth-order valence-corrected chi connectivity index (χ4v) is 1.77. The summed E-state index contributed by atoms with van der Waals surface area (Å²) >= 11 is 0. The smallest absolute Gasteiger partial charge is 0.0741 e. The number of rotatable bonds is 1. The SMILES string of the molecule is C[Si](C)C1=CC=CC1. The molecule has 1 aliphatic rings. The number of allylic oxidation sites excluding steroid dienone is 4. The van der Waals surface area contributed by atoms with E-state index in [1.807, 2.05) is 0 Å². The lowest BCUT2D eigenvalue weighted by molar-refractivity contribution is 1.38. The van der Waals surface area contributed by atoms with Crippen LogP contribution < -0.4 is 0 Å². The van der Waals surface area contributed by atoms with E-state index in [0.29, 0.717) is 0 Å². The van der Waals surface area contributed by atoms with E-state index in [-0.39, 0.29) is 8.80 Å². The number of hydrogen-bond donors (Lipinski definition) is 0. The third-order valence-electron chi connectivity index (χ3n) is 1.41. The van der Waals surface area contributed by atoms with Gasteiger partial charge in [0.2, 0.25) is 0 Å². The molecule has 1 radical (unpaired) electrons. The van der Waals surface area contributed by atoms with Crippen LogP contribution in [0.25, 0.3) is 0 Å². The average Bonchev–Trinajstić information content (AvgIpc) is 2.12. The highest BCUT2D eigenvalue weighted by molar-refractivity contribution is 6.64. The van der Waals surface area contributed by atoms with E-state index < -0.39 is 0 Å². The van der Waals surface area contributed by atoms with Gasteiger partial charge >= 0.3 is 0 Å². The quantitative estimate of drug-likeness (QED) is 0.469. The molecule has 0 N–H and O–H groups in total. The van der Waals surface area contributed by atoms with Crippen LogP contribution >= 0.6 is 0 Å². The molecule has 8 heavy (non-hydrogen) atoms. The zero-order valence-electron chi connectivity index (χ0n) is 5.44. The van der Waals surface area contributed by atoms with E-state index in [2.05, 4.69) is 31.3 Å². The molecular formula is C7H11Si. The monoisotopic (exact) mass is 123 g/mol. The summed E-state index contributed by atoms with van der Waals surface area (Å²) in [4.78, 5) is 0. The van der Waals surface area contributed by atoms with E-state index in [9.17, 15) is 0 Å². The Morgan fingerprint density at radius 2 is 2.25 bits per heavy atom. The van der Waals surface area contributed by atoms with Crippen LogP contribution in [0.5, 0.6) is 0 Å². The van der Waals surface area contributed by atoms with Crippen molar-refractivity contribution in [3.8, 4) is 0 Å². The Labute approximate surface area is 52.5 Å². The van der Waals surface area contributed by atoms with Crippen molar-refractivity contribution >= 4 is 8.80 Å². The molecule has 0 amide bonds. The van der Waals surface area contributed by atoms with Crippen molar-refractivity contribution in [3.05, 3.63) is 23.4 Å². The van der Waals surface area contributed by atoms with Gasteiger partial charge in [-0.05, 0) is 6.42 Å². The highest BCUT2D eigenvalue weighted by atomic mass is 28.3. The fourth-order valence-electron chi connectivity index (χ4n) is 0.818. The lowest BCUT2D eigenvalue weighted by Gasteiger charge is -2.00. The van der Waals surface area contributed by atoms with Crippen molar-refractivity contribution in [2.45, 2.75) is 19.5 Å². The van der Waals surface area contributed by atoms with E-state index in [1.54, 1.807) is 5.20 Å². The summed E-state index contributed by atoms with van der Waals surface area (Å²) < 4.78 is 0. The molecule has 0 heterocycles. The molecule has 0 aromatic rings. The van der Waals surface area contributed by atoms with E-state index >= 15 is 0 Å². The lowest BCUT2D eigenvalue weighted by atomic mass is 10.5. The lowest BCUT2D eigenvalue weighted by Crippen LogP contribution is -2.02. The predicted molar refractivity (Wildman–Crippen MR) is 39.3 cm³/mol. The summed E-state index contributed by atoms with van der Waals surface area (Å²) in [5, 5.41) is 1.66. The van der Waals surface area contributed by atoms with Crippen LogP contribution in [0.4, 0.5) is 0 Å². The molecule has 0 fully saturated rings. The molecule has 0 bridgehead atoms. The van der Waals surface area contributed by atoms with Crippen molar-refractivity contribution in [1.29, 1.82) is 0 Å². The Kier molecular flexibility index (Phi) is 1.68. The standard InChI is InChI=1S/C7H11Si/c1-8(2)7-5-3-4-6-7/h3-5H,6H2,1-2H3. The summed E-state index contributed by atoms with van der Waals surface area (Å²) in [6, 6.07) is 0. The predicted octanol–water partition coefficient (Wildman–Crippen LogP) is 2.17. The summed E-state index contributed by atoms with van der Waals surface area (Å²) in [6.07, 6.45) is 7.87. The Morgan fingerprint density at radius 1 is 1.50 bits per heavy atom. The first-order valence-electron chi connectivity index (χ1n) is 2.97. The van der Waals surface area contributed by atoms with Crippen LogP contribution in [-0.4, -0.2) is 8.80 Å². The molecule has 0 aromatic heterocycles. The van der Waals surface area contributed by atoms with E-state index in [1.165, 1.54) is 6.42 Å². The third-order valence-corrected chi connectivity index (χ3v) is 3.07. The van der Waals surface area contributed by atoms with Gasteiger partial charge in [-0.1, -0.05) is 36.5 Å². The maximum absolute atomic E-state index is 2.34. The Hall–Kier alpha value is -0.303. The minimum absolute atomic E-state index is 0.114. The van der Waals surface area contributed by atoms with Gasteiger partial charge in [-0.15, -0.1) is 0 Å². The minimum Gasteiger partial charge on any atom is -0.0809 e. The third kappa shape index (κ3) is 1.10. The largest absolute Gasteiger partial charge is 0.0809 e. The van der Waals surface area contributed by atoms with Gasteiger partial charge in [-0.2, -0.15) is 0 Å². The minimum atomic E-state index is -0.114. The first kappa shape index (κ1) is 5.83. The zero-order valence-corrected chi connectivity index (χ0v) is 6.44. The summed E-state index contributed by atoms with van der Waals surface area (Å²) in [5.41, 5.74) is 0. The molecule has 0 unspecified atom stereocenters. The highest BCUT2D eigenvalue weighted by Crippen LogP contribution is 2.12. The topological polar surface area (TPSA) is 0 Å². The van der Waals surface area contributed by atoms with Crippen molar-refractivity contribution < 1.29 is 0 Å². The number of hydrogen-bond acceptors (Lipinski definition) is 0. The van der Waals surface area contributed by atoms with E-state index in [4.69, 9.17) is 0 Å². The van der Waals surface area contributed by atoms with Crippen LogP contribution in [-0.2, 0) is 0 Å². The van der Waals surface area contributed by atoms with Gasteiger partial charge < -0.3 is 0 Å². The van der Waals surface area contributed by atoms with Crippen molar-refractivity contribution in [2.24, 2.45) is 0 Å². The molecule has 1 aliphatic carbocycles. The molecule has 0 nitrogen and oxygen atoms in total. The Morgan fingerprint density at radius 3 is 2.50 bits per heavy atom. The summed E-state index contributed by atoms with van der Waals surface area (Å²) in [7, 11) is -0.114. The maximum Gasteiger partial charge on any atom is 0.0741 e. The Bertz CT molecular complexity index is 131. The average molecular weight is 123 g/mol. The van der Waals surface area contributed by atoms with Gasteiger partial charge in [0.25, 0.3) is 0 Å². The van der Waals surface area contributed by atoms with Crippen LogP contribution in [0, 0.1) is 0 Å². The van der Waals surface area contributed by atoms with Crippen molar-refractivity contribution in [3.63, 3.8) is 0 Å². The van der Waals surface area contributed by atoms with Crippen LogP contribution in [0.15, 0.2) is 23.4 Å². The zero-order chi connectivity index (χ0) is 5.98. The molecule has 1 rings (SSSR count). The molecule has 0 aromatic carbocycles. The first-order valence-corrected chi connectivity index (χ1v) is 5.47. The molecule has 0 saturated heterocycles. The van der Waals surface area contributed by atoms with E-state index in [0.717, 1.165) is 0 Å². The second-order valence-corrected chi connectivity index (χ2v) is 4.97. The molecular weight excluding hydrogens is 112 g/mol. The van der Waals surface area contributed by atoms with Crippen molar-refractivity contribution in [1.82, 2.24) is 0 Å². The van der Waals surface area contributed by atoms with Gasteiger partial charge in [-0.3, -0.25) is 0 Å². The van der Waals surface area contributed by atoms with Crippen molar-refractivity contribution in [2.75, 3.05) is 0 Å². The molecule has 43 valence electrons. The van der Waals surface area contributed by atoms with Crippen LogP contribution in [0.3, 0.4) is 0 Å². The van der Waals surface area contributed by atoms with Gasteiger partial charge in [-0.25, -0.2) is 0 Å². The molecule has 0 saturated carbocycles. The second-order valence-electron chi connectivity index (χ2n) is 2.32. The molecule has 0 aliphatic heterocycles. The fraction of sp³-hybridized carbons (Fsp3) is 0.429.